The standard InChI is InChI=1S/C19H23ClN2O3S/c1-4-14(2)21-19(23)15-9-11-17(12-10-15)22(26(3,24)25)13-16-7-5-6-8-18(16)20/h5-12,14H,4,13H2,1-3H3,(H,21,23). The highest BCUT2D eigenvalue weighted by Crippen LogP contribution is 2.24. The SMILES string of the molecule is CCC(C)NC(=O)c1ccc(N(Cc2ccccc2Cl)S(C)(=O)=O)cc1. The van der Waals surface area contributed by atoms with Crippen molar-refractivity contribution in [2.24, 2.45) is 0 Å². The Kier molecular flexibility index (Phi) is 6.67. The van der Waals surface area contributed by atoms with Crippen molar-refractivity contribution in [3.8, 4) is 0 Å². The van der Waals surface area contributed by atoms with Gasteiger partial charge in [-0.15, -0.1) is 0 Å². The number of nitrogens with zero attached hydrogens (tertiary/aromatic N) is 1. The fraction of sp³-hybridized carbons (Fsp3) is 0.316. The molecule has 0 heterocycles. The van der Waals surface area contributed by atoms with E-state index < -0.39 is 10.0 Å². The Bertz CT molecular complexity index is 867. The number of benzene rings is 2. The van der Waals surface area contributed by atoms with Crippen molar-refractivity contribution in [1.29, 1.82) is 0 Å². The molecule has 0 radical (unpaired) electrons. The van der Waals surface area contributed by atoms with E-state index in [-0.39, 0.29) is 18.5 Å². The van der Waals surface area contributed by atoms with Crippen molar-refractivity contribution in [1.82, 2.24) is 5.32 Å². The molecule has 1 unspecified atom stereocenters. The second-order valence-corrected chi connectivity index (χ2v) is 8.50. The average molecular weight is 395 g/mol. The Morgan fingerprint density at radius 2 is 1.77 bits per heavy atom. The molecule has 5 nitrogen and oxygen atoms in total. The molecule has 26 heavy (non-hydrogen) atoms. The lowest BCUT2D eigenvalue weighted by Gasteiger charge is -2.23. The van der Waals surface area contributed by atoms with Gasteiger partial charge in [-0.2, -0.15) is 0 Å². The molecule has 0 aromatic heterocycles. The highest BCUT2D eigenvalue weighted by Gasteiger charge is 2.19. The van der Waals surface area contributed by atoms with Crippen LogP contribution in [0.2, 0.25) is 5.02 Å². The maximum absolute atomic E-state index is 12.3. The van der Waals surface area contributed by atoms with Gasteiger partial charge in [0.15, 0.2) is 0 Å². The zero-order valence-corrected chi connectivity index (χ0v) is 16.6. The quantitative estimate of drug-likeness (QED) is 0.775. The fourth-order valence-electron chi connectivity index (χ4n) is 2.37. The normalized spacial score (nSPS) is 12.5. The molecule has 0 saturated carbocycles. The van der Waals surface area contributed by atoms with E-state index in [2.05, 4.69) is 5.32 Å². The summed E-state index contributed by atoms with van der Waals surface area (Å²) in [4.78, 5) is 12.2. The minimum absolute atomic E-state index is 0.0786. The molecule has 140 valence electrons. The topological polar surface area (TPSA) is 66.5 Å². The predicted molar refractivity (Wildman–Crippen MR) is 106 cm³/mol. The number of nitrogens with one attached hydrogen (secondary N) is 1. The summed E-state index contributed by atoms with van der Waals surface area (Å²) >= 11 is 6.16. The molecule has 0 fully saturated rings. The summed E-state index contributed by atoms with van der Waals surface area (Å²) in [5.74, 6) is -0.178. The maximum Gasteiger partial charge on any atom is 0.251 e. The zero-order chi connectivity index (χ0) is 19.3. The van der Waals surface area contributed by atoms with Gasteiger partial charge in [0, 0.05) is 16.6 Å². The van der Waals surface area contributed by atoms with E-state index in [0.717, 1.165) is 12.7 Å². The first-order valence-electron chi connectivity index (χ1n) is 8.34. The van der Waals surface area contributed by atoms with Crippen LogP contribution in [0.1, 0.15) is 36.2 Å². The maximum atomic E-state index is 12.3. The van der Waals surface area contributed by atoms with Crippen LogP contribution in [-0.2, 0) is 16.6 Å². The first kappa shape index (κ1) is 20.3. The second kappa shape index (κ2) is 8.56. The van der Waals surface area contributed by atoms with Gasteiger partial charge in [-0.25, -0.2) is 8.42 Å². The van der Waals surface area contributed by atoms with E-state index in [1.54, 1.807) is 42.5 Å². The minimum atomic E-state index is -3.51. The molecule has 1 N–H and O–H groups in total. The summed E-state index contributed by atoms with van der Waals surface area (Å²) in [5, 5.41) is 3.39. The highest BCUT2D eigenvalue weighted by atomic mass is 35.5. The number of hydrogen-bond acceptors (Lipinski definition) is 3. The lowest BCUT2D eigenvalue weighted by molar-refractivity contribution is 0.0939. The fourth-order valence-corrected chi connectivity index (χ4v) is 3.44. The monoisotopic (exact) mass is 394 g/mol. The summed E-state index contributed by atoms with van der Waals surface area (Å²) in [6.07, 6.45) is 1.98. The zero-order valence-electron chi connectivity index (χ0n) is 15.1. The molecule has 2 aromatic rings. The molecule has 0 saturated heterocycles. The Morgan fingerprint density at radius 1 is 1.15 bits per heavy atom. The lowest BCUT2D eigenvalue weighted by Crippen LogP contribution is -2.32. The van der Waals surface area contributed by atoms with Gasteiger partial charge in [0.05, 0.1) is 18.5 Å². The highest BCUT2D eigenvalue weighted by molar-refractivity contribution is 7.92. The van der Waals surface area contributed by atoms with Gasteiger partial charge >= 0.3 is 0 Å². The van der Waals surface area contributed by atoms with E-state index in [4.69, 9.17) is 11.6 Å². The number of hydrogen-bond donors (Lipinski definition) is 1. The van der Waals surface area contributed by atoms with Crippen molar-refractivity contribution < 1.29 is 13.2 Å². The van der Waals surface area contributed by atoms with Crippen LogP contribution in [-0.4, -0.2) is 26.6 Å². The number of amides is 1. The largest absolute Gasteiger partial charge is 0.350 e. The first-order valence-corrected chi connectivity index (χ1v) is 10.6. The van der Waals surface area contributed by atoms with E-state index in [0.29, 0.717) is 21.8 Å². The Balaban J connectivity index is 2.27. The molecule has 0 aliphatic rings. The van der Waals surface area contributed by atoms with Crippen LogP contribution in [0, 0.1) is 0 Å². The molecule has 1 atom stereocenters. The van der Waals surface area contributed by atoms with Gasteiger partial charge in [0.25, 0.3) is 5.91 Å². The third-order valence-corrected chi connectivity index (χ3v) is 5.59. The summed E-state index contributed by atoms with van der Waals surface area (Å²) < 4.78 is 25.8. The van der Waals surface area contributed by atoms with Crippen molar-refractivity contribution in [2.75, 3.05) is 10.6 Å². The number of carbonyl (C=O) groups excluding carboxylic acids is 1. The molecule has 0 bridgehead atoms. The summed E-state index contributed by atoms with van der Waals surface area (Å²) in [5.41, 5.74) is 1.67. The molecule has 2 aromatic carbocycles. The van der Waals surface area contributed by atoms with Crippen LogP contribution in [0.4, 0.5) is 5.69 Å². The molecule has 2 rings (SSSR count). The van der Waals surface area contributed by atoms with Crippen LogP contribution in [0.5, 0.6) is 0 Å². The van der Waals surface area contributed by atoms with Crippen LogP contribution in [0.15, 0.2) is 48.5 Å². The van der Waals surface area contributed by atoms with Gasteiger partial charge in [0.2, 0.25) is 10.0 Å². The second-order valence-electron chi connectivity index (χ2n) is 6.19. The van der Waals surface area contributed by atoms with Gasteiger partial charge < -0.3 is 5.32 Å². The van der Waals surface area contributed by atoms with Crippen LogP contribution in [0.3, 0.4) is 0 Å². The van der Waals surface area contributed by atoms with E-state index in [1.165, 1.54) is 4.31 Å². The smallest absolute Gasteiger partial charge is 0.251 e. The summed E-state index contributed by atoms with van der Waals surface area (Å²) in [6, 6.07) is 13.7. The van der Waals surface area contributed by atoms with Crippen molar-refractivity contribution in [2.45, 2.75) is 32.9 Å². The first-order chi connectivity index (χ1) is 12.2. The van der Waals surface area contributed by atoms with Gasteiger partial charge in [-0.1, -0.05) is 36.7 Å². The molecular weight excluding hydrogens is 372 g/mol. The van der Waals surface area contributed by atoms with Crippen molar-refractivity contribution in [3.05, 3.63) is 64.7 Å². The number of sulfonamides is 1. The van der Waals surface area contributed by atoms with Gasteiger partial charge in [-0.05, 0) is 49.2 Å². The number of carbonyl (C=O) groups is 1. The van der Waals surface area contributed by atoms with E-state index in [1.807, 2.05) is 19.9 Å². The van der Waals surface area contributed by atoms with Crippen molar-refractivity contribution in [3.63, 3.8) is 0 Å². The molecule has 0 aliphatic heterocycles. The van der Waals surface area contributed by atoms with Crippen LogP contribution < -0.4 is 9.62 Å². The predicted octanol–water partition coefficient (Wildman–Crippen LogP) is 3.83. The Labute approximate surface area is 160 Å². The van der Waals surface area contributed by atoms with Crippen LogP contribution in [0.25, 0.3) is 0 Å². The minimum Gasteiger partial charge on any atom is -0.350 e. The summed E-state index contributed by atoms with van der Waals surface area (Å²) in [7, 11) is -3.51. The van der Waals surface area contributed by atoms with E-state index in [9.17, 15) is 13.2 Å². The van der Waals surface area contributed by atoms with Crippen molar-refractivity contribution >= 4 is 33.2 Å². The number of anilines is 1. The number of rotatable bonds is 7. The average Bonchev–Trinajstić information content (AvgIpc) is 2.60. The van der Waals surface area contributed by atoms with E-state index >= 15 is 0 Å². The van der Waals surface area contributed by atoms with Gasteiger partial charge in [0.1, 0.15) is 0 Å². The third-order valence-electron chi connectivity index (χ3n) is 4.08. The Morgan fingerprint density at radius 3 is 2.31 bits per heavy atom. The van der Waals surface area contributed by atoms with Gasteiger partial charge in [-0.3, -0.25) is 9.10 Å². The Hall–Kier alpha value is -2.05. The molecule has 7 heteroatoms. The number of halogens is 1. The molecule has 0 aliphatic carbocycles. The summed E-state index contributed by atoms with van der Waals surface area (Å²) in [6.45, 7) is 4.05. The molecule has 1 amide bonds. The van der Waals surface area contributed by atoms with Crippen LogP contribution >= 0.6 is 11.6 Å². The third kappa shape index (κ3) is 5.22. The molecule has 0 spiro atoms. The lowest BCUT2D eigenvalue weighted by atomic mass is 10.1. The molecular formula is C19H23ClN2O3S.